The molecule has 0 aliphatic carbocycles. The fourth-order valence-corrected chi connectivity index (χ4v) is 1.82. The fraction of sp³-hybridized carbons (Fsp3) is 0.294. The van der Waals surface area contributed by atoms with E-state index in [9.17, 15) is 4.39 Å². The average Bonchev–Trinajstić information content (AvgIpc) is 2.45. The molecular formula is C17H22FIN4O. The van der Waals surface area contributed by atoms with Gasteiger partial charge in [-0.1, -0.05) is 12.1 Å². The van der Waals surface area contributed by atoms with E-state index in [1.807, 2.05) is 26.8 Å². The molecule has 7 heteroatoms. The van der Waals surface area contributed by atoms with Crippen LogP contribution in [0, 0.1) is 5.82 Å². The molecule has 0 atom stereocenters. The third-order valence-electron chi connectivity index (χ3n) is 2.75. The Labute approximate surface area is 158 Å². The van der Waals surface area contributed by atoms with Crippen molar-refractivity contribution in [2.24, 2.45) is 10.7 Å². The van der Waals surface area contributed by atoms with E-state index in [2.05, 4.69) is 15.3 Å². The van der Waals surface area contributed by atoms with Crippen molar-refractivity contribution < 1.29 is 9.13 Å². The van der Waals surface area contributed by atoms with Gasteiger partial charge in [0.1, 0.15) is 11.6 Å². The molecule has 0 unspecified atom stereocenters. The van der Waals surface area contributed by atoms with Crippen molar-refractivity contribution in [2.45, 2.75) is 32.9 Å². The molecule has 0 saturated heterocycles. The zero-order valence-corrected chi connectivity index (χ0v) is 16.2. The van der Waals surface area contributed by atoms with Crippen LogP contribution in [0.2, 0.25) is 0 Å². The minimum atomic E-state index is -0.352. The minimum absolute atomic E-state index is 0. The summed E-state index contributed by atoms with van der Waals surface area (Å²) >= 11 is 0. The molecule has 2 aromatic rings. The summed E-state index contributed by atoms with van der Waals surface area (Å²) in [6.07, 6.45) is 1.66. The molecule has 0 aliphatic heterocycles. The highest BCUT2D eigenvalue weighted by atomic mass is 127. The second-order valence-electron chi connectivity index (χ2n) is 6.14. The Morgan fingerprint density at radius 3 is 2.62 bits per heavy atom. The molecule has 5 nitrogen and oxygen atoms in total. The first-order valence-electron chi connectivity index (χ1n) is 7.28. The summed E-state index contributed by atoms with van der Waals surface area (Å²) in [5, 5.41) is 3.09. The molecule has 0 fully saturated rings. The summed E-state index contributed by atoms with van der Waals surface area (Å²) < 4.78 is 18.6. The number of nitrogens with two attached hydrogens (primary N) is 1. The van der Waals surface area contributed by atoms with Crippen molar-refractivity contribution in [1.29, 1.82) is 0 Å². The monoisotopic (exact) mass is 444 g/mol. The second-order valence-corrected chi connectivity index (χ2v) is 6.14. The number of pyridine rings is 1. The Hall–Kier alpha value is -1.90. The second kappa shape index (κ2) is 8.81. The number of guanidine groups is 1. The average molecular weight is 444 g/mol. The topological polar surface area (TPSA) is 72.5 Å². The Morgan fingerprint density at radius 1 is 1.29 bits per heavy atom. The molecule has 2 rings (SSSR count). The molecule has 0 amide bonds. The lowest BCUT2D eigenvalue weighted by Crippen LogP contribution is -2.44. The van der Waals surface area contributed by atoms with Gasteiger partial charge in [-0.05, 0) is 38.5 Å². The molecule has 3 N–H and O–H groups in total. The fourth-order valence-electron chi connectivity index (χ4n) is 1.82. The van der Waals surface area contributed by atoms with Gasteiger partial charge in [-0.25, -0.2) is 14.4 Å². The van der Waals surface area contributed by atoms with Crippen LogP contribution < -0.4 is 15.8 Å². The van der Waals surface area contributed by atoms with E-state index in [0.29, 0.717) is 24.1 Å². The van der Waals surface area contributed by atoms with E-state index in [4.69, 9.17) is 10.5 Å². The molecule has 1 aromatic carbocycles. The van der Waals surface area contributed by atoms with Crippen LogP contribution >= 0.6 is 24.0 Å². The lowest BCUT2D eigenvalue weighted by molar-refractivity contribution is 0.457. The quantitative estimate of drug-likeness (QED) is 0.427. The number of rotatable bonds is 4. The summed E-state index contributed by atoms with van der Waals surface area (Å²) in [5.41, 5.74) is 6.58. The van der Waals surface area contributed by atoms with Gasteiger partial charge in [0.2, 0.25) is 5.88 Å². The molecule has 130 valence electrons. The summed E-state index contributed by atoms with van der Waals surface area (Å²) in [4.78, 5) is 8.44. The lowest BCUT2D eigenvalue weighted by Gasteiger charge is -2.20. The van der Waals surface area contributed by atoms with Gasteiger partial charge in [0.25, 0.3) is 0 Å². The number of hydrogen-bond acceptors (Lipinski definition) is 3. The van der Waals surface area contributed by atoms with Gasteiger partial charge < -0.3 is 15.8 Å². The first kappa shape index (κ1) is 20.1. The molecule has 0 spiro atoms. The van der Waals surface area contributed by atoms with E-state index in [1.165, 1.54) is 12.1 Å². The summed E-state index contributed by atoms with van der Waals surface area (Å²) in [6, 6.07) is 9.47. The number of benzene rings is 1. The number of aliphatic imine (C=N–C) groups is 1. The van der Waals surface area contributed by atoms with Crippen LogP contribution in [0.4, 0.5) is 4.39 Å². The number of aromatic nitrogens is 1. The number of ether oxygens (including phenoxy) is 1. The largest absolute Gasteiger partial charge is 0.439 e. The molecule has 1 heterocycles. The molecule has 1 aromatic heterocycles. The van der Waals surface area contributed by atoms with E-state index in [-0.39, 0.29) is 35.3 Å². The maximum absolute atomic E-state index is 13.1. The summed E-state index contributed by atoms with van der Waals surface area (Å²) in [7, 11) is 0. The van der Waals surface area contributed by atoms with Crippen LogP contribution in [-0.2, 0) is 6.54 Å². The normalized spacial score (nSPS) is 11.6. The number of hydrogen-bond donors (Lipinski definition) is 2. The SMILES string of the molecule is CC(C)(C)NC(N)=NCc1ccc(Oc2cccc(F)c2)nc1.I. The van der Waals surface area contributed by atoms with Crippen molar-refractivity contribution in [3.05, 3.63) is 54.0 Å². The maximum atomic E-state index is 13.1. The van der Waals surface area contributed by atoms with Gasteiger partial charge in [-0.3, -0.25) is 0 Å². The third-order valence-corrected chi connectivity index (χ3v) is 2.75. The summed E-state index contributed by atoms with van der Waals surface area (Å²) in [5.74, 6) is 0.832. The van der Waals surface area contributed by atoms with E-state index in [1.54, 1.807) is 24.4 Å². The molecular weight excluding hydrogens is 422 g/mol. The Bertz CT molecular complexity index is 684. The zero-order valence-electron chi connectivity index (χ0n) is 13.9. The van der Waals surface area contributed by atoms with Crippen LogP contribution in [-0.4, -0.2) is 16.5 Å². The van der Waals surface area contributed by atoms with Gasteiger partial charge in [0.05, 0.1) is 6.54 Å². The van der Waals surface area contributed by atoms with Gasteiger partial charge >= 0.3 is 0 Å². The standard InChI is InChI=1S/C17H21FN4O.HI/c1-17(2,3)22-16(19)21-11-12-7-8-15(20-10-12)23-14-6-4-5-13(18)9-14;/h4-10H,11H2,1-3H3,(H3,19,21,22);1H. The Balaban J connectivity index is 0.00000288. The minimum Gasteiger partial charge on any atom is -0.439 e. The van der Waals surface area contributed by atoms with E-state index in [0.717, 1.165) is 5.56 Å². The first-order chi connectivity index (χ1) is 10.8. The molecule has 0 aliphatic rings. The van der Waals surface area contributed by atoms with Crippen LogP contribution in [0.5, 0.6) is 11.6 Å². The molecule has 0 bridgehead atoms. The van der Waals surface area contributed by atoms with Gasteiger partial charge in [0, 0.05) is 23.9 Å². The Kier molecular flexibility index (Phi) is 7.40. The van der Waals surface area contributed by atoms with Crippen molar-refractivity contribution in [2.75, 3.05) is 0 Å². The smallest absolute Gasteiger partial charge is 0.219 e. The third kappa shape index (κ3) is 7.12. The molecule has 0 radical (unpaired) electrons. The van der Waals surface area contributed by atoms with Crippen LogP contribution in [0.15, 0.2) is 47.6 Å². The van der Waals surface area contributed by atoms with Crippen molar-refractivity contribution in [3.8, 4) is 11.6 Å². The summed E-state index contributed by atoms with van der Waals surface area (Å²) in [6.45, 7) is 6.45. The van der Waals surface area contributed by atoms with Crippen molar-refractivity contribution in [1.82, 2.24) is 10.3 Å². The van der Waals surface area contributed by atoms with Crippen LogP contribution in [0.25, 0.3) is 0 Å². The van der Waals surface area contributed by atoms with E-state index < -0.39 is 0 Å². The van der Waals surface area contributed by atoms with Gasteiger partial charge in [-0.15, -0.1) is 24.0 Å². The number of halogens is 2. The highest BCUT2D eigenvalue weighted by Gasteiger charge is 2.09. The van der Waals surface area contributed by atoms with Crippen molar-refractivity contribution >= 4 is 29.9 Å². The zero-order chi connectivity index (χ0) is 16.9. The van der Waals surface area contributed by atoms with Crippen LogP contribution in [0.1, 0.15) is 26.3 Å². The predicted octanol–water partition coefficient (Wildman–Crippen LogP) is 3.83. The van der Waals surface area contributed by atoms with Crippen molar-refractivity contribution in [3.63, 3.8) is 0 Å². The lowest BCUT2D eigenvalue weighted by atomic mass is 10.1. The Morgan fingerprint density at radius 2 is 2.04 bits per heavy atom. The van der Waals surface area contributed by atoms with Gasteiger partial charge in [0.15, 0.2) is 5.96 Å². The number of nitrogens with one attached hydrogen (secondary N) is 1. The van der Waals surface area contributed by atoms with E-state index >= 15 is 0 Å². The van der Waals surface area contributed by atoms with Crippen LogP contribution in [0.3, 0.4) is 0 Å². The highest BCUT2D eigenvalue weighted by Crippen LogP contribution is 2.20. The predicted molar refractivity (Wildman–Crippen MR) is 104 cm³/mol. The highest BCUT2D eigenvalue weighted by molar-refractivity contribution is 14.0. The first-order valence-corrected chi connectivity index (χ1v) is 7.28. The molecule has 24 heavy (non-hydrogen) atoms. The van der Waals surface area contributed by atoms with Gasteiger partial charge in [-0.2, -0.15) is 0 Å². The maximum Gasteiger partial charge on any atom is 0.219 e. The number of nitrogens with zero attached hydrogens (tertiary/aromatic N) is 2. The molecule has 0 saturated carbocycles.